The van der Waals surface area contributed by atoms with Crippen LogP contribution in [0, 0.1) is 10.1 Å². The number of nitrogens with two attached hydrogens (primary N) is 1. The van der Waals surface area contributed by atoms with Crippen molar-refractivity contribution in [2.75, 3.05) is 16.8 Å². The van der Waals surface area contributed by atoms with Gasteiger partial charge in [-0.1, -0.05) is 20.3 Å². The average Bonchev–Trinajstić information content (AvgIpc) is 2.77. The second kappa shape index (κ2) is 9.94. The summed E-state index contributed by atoms with van der Waals surface area (Å²) in [7, 11) is 0. The largest absolute Gasteiger partial charge is 0.340 e. The number of nitrogens with one attached hydrogen (secondary N) is 1. The molecule has 0 aliphatic carbocycles. The highest BCUT2D eigenvalue weighted by Gasteiger charge is 2.21. The van der Waals surface area contributed by atoms with Crippen LogP contribution in [0.4, 0.5) is 22.9 Å². The zero-order chi connectivity index (χ0) is 22.4. The number of benzene rings is 2. The maximum atomic E-state index is 12.7. The van der Waals surface area contributed by atoms with Gasteiger partial charge in [0.2, 0.25) is 5.91 Å². The Labute approximate surface area is 180 Å². The fraction of sp³-hybridized carbons (Fsp3) is 0.318. The first-order chi connectivity index (χ1) is 14.9. The SMILES string of the molecule is CCCC(N)C(=O)N(CCC)c1ccc(Nc2ncnc3ccc([N+](=O)[O-])cc23)cc1. The van der Waals surface area contributed by atoms with Crippen LogP contribution in [-0.4, -0.2) is 33.4 Å². The number of fused-ring (bicyclic) bond motifs is 1. The zero-order valence-corrected chi connectivity index (χ0v) is 17.6. The van der Waals surface area contributed by atoms with E-state index >= 15 is 0 Å². The number of rotatable bonds is 9. The van der Waals surface area contributed by atoms with E-state index in [-0.39, 0.29) is 11.6 Å². The molecule has 0 bridgehead atoms. The predicted octanol–water partition coefficient (Wildman–Crippen LogP) is 4.15. The molecule has 0 fully saturated rings. The number of nitro benzene ring substituents is 1. The third-order valence-corrected chi connectivity index (χ3v) is 4.90. The molecule has 2 aromatic carbocycles. The van der Waals surface area contributed by atoms with Crippen LogP contribution in [0.5, 0.6) is 0 Å². The first-order valence-electron chi connectivity index (χ1n) is 10.3. The highest BCUT2D eigenvalue weighted by atomic mass is 16.6. The second-order valence-corrected chi connectivity index (χ2v) is 7.24. The van der Waals surface area contributed by atoms with Crippen LogP contribution in [-0.2, 0) is 4.79 Å². The number of anilines is 3. The maximum Gasteiger partial charge on any atom is 0.270 e. The molecule has 3 N–H and O–H groups in total. The molecular formula is C22H26N6O3. The van der Waals surface area contributed by atoms with Crippen molar-refractivity contribution in [3.63, 3.8) is 0 Å². The number of aromatic nitrogens is 2. The van der Waals surface area contributed by atoms with Crippen molar-refractivity contribution < 1.29 is 9.72 Å². The van der Waals surface area contributed by atoms with E-state index < -0.39 is 11.0 Å². The summed E-state index contributed by atoms with van der Waals surface area (Å²) in [4.78, 5) is 33.5. The van der Waals surface area contributed by atoms with Crippen LogP contribution < -0.4 is 16.0 Å². The Hall–Kier alpha value is -3.59. The molecule has 0 radical (unpaired) electrons. The van der Waals surface area contributed by atoms with Crippen molar-refractivity contribution in [2.24, 2.45) is 5.73 Å². The van der Waals surface area contributed by atoms with E-state index in [2.05, 4.69) is 15.3 Å². The summed E-state index contributed by atoms with van der Waals surface area (Å²) in [6, 6.07) is 11.3. The molecule has 0 aliphatic rings. The molecule has 0 spiro atoms. The first-order valence-corrected chi connectivity index (χ1v) is 10.3. The summed E-state index contributed by atoms with van der Waals surface area (Å²) in [5.41, 5.74) is 8.12. The number of hydrogen-bond acceptors (Lipinski definition) is 7. The van der Waals surface area contributed by atoms with Crippen molar-refractivity contribution in [3.8, 4) is 0 Å². The summed E-state index contributed by atoms with van der Waals surface area (Å²) in [6.45, 7) is 4.60. The standard InChI is InChI=1S/C22H26N6O3/c1-3-5-19(23)22(29)27(12-4-2)16-8-6-15(7-9-16)26-21-18-13-17(28(30)31)10-11-20(18)24-14-25-21/h6-11,13-14,19H,3-5,12,23H2,1-2H3,(H,24,25,26). The number of carbonyl (C=O) groups is 1. The lowest BCUT2D eigenvalue weighted by Gasteiger charge is -2.25. The van der Waals surface area contributed by atoms with Gasteiger partial charge in [-0.05, 0) is 43.2 Å². The molecule has 1 atom stereocenters. The van der Waals surface area contributed by atoms with Crippen LogP contribution in [0.25, 0.3) is 10.9 Å². The van der Waals surface area contributed by atoms with Crippen LogP contribution in [0.15, 0.2) is 48.8 Å². The van der Waals surface area contributed by atoms with Gasteiger partial charge in [-0.3, -0.25) is 14.9 Å². The number of nitro groups is 1. The average molecular weight is 422 g/mol. The molecule has 9 nitrogen and oxygen atoms in total. The Bertz CT molecular complexity index is 1070. The Morgan fingerprint density at radius 1 is 1.16 bits per heavy atom. The molecule has 9 heteroatoms. The van der Waals surface area contributed by atoms with E-state index in [1.54, 1.807) is 11.0 Å². The topological polar surface area (TPSA) is 127 Å². The number of amides is 1. The van der Waals surface area contributed by atoms with Crippen molar-refractivity contribution in [1.29, 1.82) is 0 Å². The molecule has 0 saturated heterocycles. The molecule has 0 aliphatic heterocycles. The Balaban J connectivity index is 1.85. The van der Waals surface area contributed by atoms with Gasteiger partial charge < -0.3 is 16.0 Å². The summed E-state index contributed by atoms with van der Waals surface area (Å²) in [6.07, 6.45) is 3.71. The van der Waals surface area contributed by atoms with Gasteiger partial charge in [0.05, 0.1) is 16.5 Å². The number of non-ortho nitro benzene ring substituents is 1. The Kier molecular flexibility index (Phi) is 7.09. The van der Waals surface area contributed by atoms with E-state index in [0.29, 0.717) is 29.7 Å². The molecule has 1 unspecified atom stereocenters. The van der Waals surface area contributed by atoms with Crippen LogP contribution >= 0.6 is 0 Å². The number of carbonyl (C=O) groups excluding carboxylic acids is 1. The molecule has 1 heterocycles. The second-order valence-electron chi connectivity index (χ2n) is 7.24. The molecule has 1 amide bonds. The van der Waals surface area contributed by atoms with Crippen LogP contribution in [0.2, 0.25) is 0 Å². The maximum absolute atomic E-state index is 12.7. The minimum absolute atomic E-state index is 0.0298. The van der Waals surface area contributed by atoms with Crippen molar-refractivity contribution in [3.05, 3.63) is 58.9 Å². The van der Waals surface area contributed by atoms with E-state index in [1.165, 1.54) is 18.5 Å². The summed E-state index contributed by atoms with van der Waals surface area (Å²) >= 11 is 0. The van der Waals surface area contributed by atoms with E-state index in [9.17, 15) is 14.9 Å². The van der Waals surface area contributed by atoms with Gasteiger partial charge in [0.1, 0.15) is 12.1 Å². The fourth-order valence-electron chi connectivity index (χ4n) is 3.34. The van der Waals surface area contributed by atoms with Crippen molar-refractivity contribution >= 4 is 39.7 Å². The fourth-order valence-corrected chi connectivity index (χ4v) is 3.34. The highest BCUT2D eigenvalue weighted by molar-refractivity contribution is 5.97. The molecule has 31 heavy (non-hydrogen) atoms. The van der Waals surface area contributed by atoms with Crippen molar-refractivity contribution in [1.82, 2.24) is 9.97 Å². The molecule has 3 rings (SSSR count). The number of hydrogen-bond donors (Lipinski definition) is 2. The molecule has 162 valence electrons. The summed E-state index contributed by atoms with van der Waals surface area (Å²) < 4.78 is 0. The lowest BCUT2D eigenvalue weighted by atomic mass is 10.1. The van der Waals surface area contributed by atoms with Crippen LogP contribution in [0.3, 0.4) is 0 Å². The van der Waals surface area contributed by atoms with E-state index in [1.807, 2.05) is 38.1 Å². The lowest BCUT2D eigenvalue weighted by Crippen LogP contribution is -2.44. The third-order valence-electron chi connectivity index (χ3n) is 4.90. The van der Waals surface area contributed by atoms with Gasteiger partial charge in [-0.25, -0.2) is 9.97 Å². The number of nitrogens with zero attached hydrogens (tertiary/aromatic N) is 4. The monoisotopic (exact) mass is 422 g/mol. The normalized spacial score (nSPS) is 11.8. The van der Waals surface area contributed by atoms with Gasteiger partial charge in [0, 0.05) is 35.4 Å². The van der Waals surface area contributed by atoms with Gasteiger partial charge in [-0.15, -0.1) is 0 Å². The van der Waals surface area contributed by atoms with Crippen molar-refractivity contribution in [2.45, 2.75) is 39.2 Å². The predicted molar refractivity (Wildman–Crippen MR) is 121 cm³/mol. The molecule has 1 aromatic heterocycles. The smallest absolute Gasteiger partial charge is 0.270 e. The van der Waals surface area contributed by atoms with E-state index in [4.69, 9.17) is 5.73 Å². The Morgan fingerprint density at radius 3 is 2.55 bits per heavy atom. The van der Waals surface area contributed by atoms with Gasteiger partial charge >= 0.3 is 0 Å². The summed E-state index contributed by atoms with van der Waals surface area (Å²) in [5.74, 6) is 0.381. The highest BCUT2D eigenvalue weighted by Crippen LogP contribution is 2.28. The molecule has 3 aromatic rings. The van der Waals surface area contributed by atoms with E-state index in [0.717, 1.165) is 24.2 Å². The third kappa shape index (κ3) is 5.13. The minimum Gasteiger partial charge on any atom is -0.340 e. The van der Waals surface area contributed by atoms with Crippen LogP contribution in [0.1, 0.15) is 33.1 Å². The van der Waals surface area contributed by atoms with Gasteiger partial charge in [0.25, 0.3) is 5.69 Å². The van der Waals surface area contributed by atoms with Gasteiger partial charge in [-0.2, -0.15) is 0 Å². The lowest BCUT2D eigenvalue weighted by molar-refractivity contribution is -0.384. The summed E-state index contributed by atoms with van der Waals surface area (Å²) in [5, 5.41) is 14.8. The zero-order valence-electron chi connectivity index (χ0n) is 17.6. The molecule has 0 saturated carbocycles. The quantitative estimate of drug-likeness (QED) is 0.391. The minimum atomic E-state index is -0.516. The Morgan fingerprint density at radius 2 is 1.90 bits per heavy atom. The molecular weight excluding hydrogens is 396 g/mol. The van der Waals surface area contributed by atoms with Gasteiger partial charge in [0.15, 0.2) is 0 Å². The first kappa shape index (κ1) is 22.1.